The van der Waals surface area contributed by atoms with Crippen molar-refractivity contribution < 1.29 is 9.47 Å². The van der Waals surface area contributed by atoms with Crippen LogP contribution in [0.1, 0.15) is 11.1 Å². The van der Waals surface area contributed by atoms with Crippen molar-refractivity contribution in [3.05, 3.63) is 53.6 Å². The first-order valence-electron chi connectivity index (χ1n) is 6.22. The topological polar surface area (TPSA) is 54.3 Å². The smallest absolute Gasteiger partial charge is 0.127 e. The van der Waals surface area contributed by atoms with Crippen LogP contribution in [0.5, 0.6) is 11.5 Å². The van der Waals surface area contributed by atoms with Crippen molar-refractivity contribution in [2.75, 3.05) is 19.5 Å². The van der Waals surface area contributed by atoms with Gasteiger partial charge in [-0.2, -0.15) is 5.26 Å². The maximum absolute atomic E-state index is 9.05. The maximum Gasteiger partial charge on any atom is 0.127 e. The molecule has 4 heteroatoms. The molecule has 0 aromatic heterocycles. The number of para-hydroxylation sites is 1. The number of nitrogens with one attached hydrogen (secondary N) is 1. The molecule has 102 valence electrons. The molecule has 0 radical (unpaired) electrons. The van der Waals surface area contributed by atoms with Gasteiger partial charge in [0.05, 0.1) is 25.5 Å². The normalized spacial score (nSPS) is 9.65. The molecule has 2 aromatic carbocycles. The lowest BCUT2D eigenvalue weighted by Crippen LogP contribution is -2.03. The van der Waals surface area contributed by atoms with Gasteiger partial charge in [-0.15, -0.1) is 0 Å². The standard InChI is InChI=1S/C16H16N2O2/c1-19-14-8-7-13(16(9-14)20-2)11-18-15-6-4-3-5-12(15)10-17/h3-9,18H,11H2,1-2H3. The molecule has 0 fully saturated rings. The summed E-state index contributed by atoms with van der Waals surface area (Å²) in [5.74, 6) is 1.51. The number of hydrogen-bond acceptors (Lipinski definition) is 4. The molecule has 20 heavy (non-hydrogen) atoms. The van der Waals surface area contributed by atoms with Gasteiger partial charge in [0.1, 0.15) is 17.6 Å². The number of ether oxygens (including phenoxy) is 2. The summed E-state index contributed by atoms with van der Waals surface area (Å²) in [6, 6.07) is 15.2. The SMILES string of the molecule is COc1ccc(CNc2ccccc2C#N)c(OC)c1. The van der Waals surface area contributed by atoms with E-state index in [0.29, 0.717) is 12.1 Å². The predicted molar refractivity (Wildman–Crippen MR) is 78.0 cm³/mol. The van der Waals surface area contributed by atoms with E-state index in [0.717, 1.165) is 22.7 Å². The lowest BCUT2D eigenvalue weighted by atomic mass is 10.1. The molecule has 0 unspecified atom stereocenters. The highest BCUT2D eigenvalue weighted by molar-refractivity contribution is 5.57. The van der Waals surface area contributed by atoms with E-state index in [2.05, 4.69) is 11.4 Å². The Hall–Kier alpha value is -2.67. The quantitative estimate of drug-likeness (QED) is 0.904. The molecule has 2 aromatic rings. The summed E-state index contributed by atoms with van der Waals surface area (Å²) in [6.45, 7) is 0.575. The number of hydrogen-bond donors (Lipinski definition) is 1. The van der Waals surface area contributed by atoms with Crippen LogP contribution in [0.4, 0.5) is 5.69 Å². The van der Waals surface area contributed by atoms with Gasteiger partial charge >= 0.3 is 0 Å². The minimum atomic E-state index is 0.575. The van der Waals surface area contributed by atoms with Crippen LogP contribution in [0.15, 0.2) is 42.5 Å². The maximum atomic E-state index is 9.05. The third-order valence-electron chi connectivity index (χ3n) is 3.01. The van der Waals surface area contributed by atoms with E-state index in [9.17, 15) is 0 Å². The number of benzene rings is 2. The first kappa shape index (κ1) is 13.8. The molecule has 0 aliphatic carbocycles. The van der Waals surface area contributed by atoms with Crippen molar-refractivity contribution in [1.82, 2.24) is 0 Å². The van der Waals surface area contributed by atoms with Gasteiger partial charge in [-0.25, -0.2) is 0 Å². The Morgan fingerprint density at radius 2 is 1.90 bits per heavy atom. The van der Waals surface area contributed by atoms with Crippen LogP contribution in [0.3, 0.4) is 0 Å². The van der Waals surface area contributed by atoms with Gasteiger partial charge in [-0.05, 0) is 24.3 Å². The number of nitriles is 1. The Labute approximate surface area is 118 Å². The summed E-state index contributed by atoms with van der Waals surface area (Å²) in [5.41, 5.74) is 2.44. The van der Waals surface area contributed by atoms with E-state index in [1.807, 2.05) is 36.4 Å². The Kier molecular flexibility index (Phi) is 4.46. The van der Waals surface area contributed by atoms with Crippen LogP contribution in [0, 0.1) is 11.3 Å². The molecule has 2 rings (SSSR count). The van der Waals surface area contributed by atoms with Gasteiger partial charge in [0.15, 0.2) is 0 Å². The van der Waals surface area contributed by atoms with Crippen LogP contribution in [-0.4, -0.2) is 14.2 Å². The monoisotopic (exact) mass is 268 g/mol. The summed E-state index contributed by atoms with van der Waals surface area (Å²) >= 11 is 0. The zero-order chi connectivity index (χ0) is 14.4. The van der Waals surface area contributed by atoms with Crippen LogP contribution < -0.4 is 14.8 Å². The Bertz CT molecular complexity index is 633. The van der Waals surface area contributed by atoms with Crippen molar-refractivity contribution in [3.8, 4) is 17.6 Å². The lowest BCUT2D eigenvalue weighted by Gasteiger charge is -2.12. The summed E-state index contributed by atoms with van der Waals surface area (Å²) in [5, 5.41) is 12.3. The van der Waals surface area contributed by atoms with E-state index >= 15 is 0 Å². The summed E-state index contributed by atoms with van der Waals surface area (Å²) < 4.78 is 10.5. The fourth-order valence-electron chi connectivity index (χ4n) is 1.92. The number of rotatable bonds is 5. The van der Waals surface area contributed by atoms with Gasteiger partial charge in [-0.1, -0.05) is 12.1 Å². The predicted octanol–water partition coefficient (Wildman–Crippen LogP) is 3.19. The third-order valence-corrected chi connectivity index (χ3v) is 3.01. The van der Waals surface area contributed by atoms with Crippen LogP contribution in [0.2, 0.25) is 0 Å². The first-order chi connectivity index (χ1) is 9.78. The first-order valence-corrected chi connectivity index (χ1v) is 6.22. The molecular weight excluding hydrogens is 252 g/mol. The van der Waals surface area contributed by atoms with Gasteiger partial charge in [0, 0.05) is 18.2 Å². The van der Waals surface area contributed by atoms with Crippen LogP contribution >= 0.6 is 0 Å². The third kappa shape index (κ3) is 3.01. The second-order valence-electron chi connectivity index (χ2n) is 4.19. The molecule has 0 aliphatic heterocycles. The van der Waals surface area contributed by atoms with Crippen molar-refractivity contribution >= 4 is 5.69 Å². The zero-order valence-corrected chi connectivity index (χ0v) is 11.5. The van der Waals surface area contributed by atoms with Crippen molar-refractivity contribution in [1.29, 1.82) is 5.26 Å². The Morgan fingerprint density at radius 3 is 2.60 bits per heavy atom. The summed E-state index contributed by atoms with van der Waals surface area (Å²) in [7, 11) is 3.25. The number of nitrogens with zero attached hydrogens (tertiary/aromatic N) is 1. The fourth-order valence-corrected chi connectivity index (χ4v) is 1.92. The number of anilines is 1. The zero-order valence-electron chi connectivity index (χ0n) is 11.5. The van der Waals surface area contributed by atoms with E-state index in [4.69, 9.17) is 14.7 Å². The highest BCUT2D eigenvalue weighted by atomic mass is 16.5. The summed E-state index contributed by atoms with van der Waals surface area (Å²) in [6.07, 6.45) is 0. The molecule has 0 amide bonds. The fraction of sp³-hybridized carbons (Fsp3) is 0.188. The molecule has 4 nitrogen and oxygen atoms in total. The molecule has 0 saturated carbocycles. The van der Waals surface area contributed by atoms with E-state index in [-0.39, 0.29) is 0 Å². The molecule has 1 N–H and O–H groups in total. The van der Waals surface area contributed by atoms with E-state index in [1.54, 1.807) is 20.3 Å². The largest absolute Gasteiger partial charge is 0.497 e. The Balaban J connectivity index is 2.17. The van der Waals surface area contributed by atoms with Gasteiger partial charge in [0.25, 0.3) is 0 Å². The average molecular weight is 268 g/mol. The lowest BCUT2D eigenvalue weighted by molar-refractivity contribution is 0.391. The molecule has 0 atom stereocenters. The molecule has 0 bridgehead atoms. The molecular formula is C16H16N2O2. The highest BCUT2D eigenvalue weighted by Gasteiger charge is 2.06. The van der Waals surface area contributed by atoms with Crippen LogP contribution in [0.25, 0.3) is 0 Å². The van der Waals surface area contributed by atoms with Gasteiger partial charge in [0.2, 0.25) is 0 Å². The second-order valence-corrected chi connectivity index (χ2v) is 4.19. The second kappa shape index (κ2) is 6.48. The van der Waals surface area contributed by atoms with E-state index < -0.39 is 0 Å². The van der Waals surface area contributed by atoms with Gasteiger partial charge < -0.3 is 14.8 Å². The minimum absolute atomic E-state index is 0.575. The van der Waals surface area contributed by atoms with Crippen molar-refractivity contribution in [3.63, 3.8) is 0 Å². The molecule has 0 spiro atoms. The Morgan fingerprint density at radius 1 is 1.10 bits per heavy atom. The molecule has 0 aliphatic rings. The van der Waals surface area contributed by atoms with Crippen LogP contribution in [-0.2, 0) is 6.54 Å². The van der Waals surface area contributed by atoms with Gasteiger partial charge in [-0.3, -0.25) is 0 Å². The summed E-state index contributed by atoms with van der Waals surface area (Å²) in [4.78, 5) is 0. The van der Waals surface area contributed by atoms with Crippen molar-refractivity contribution in [2.45, 2.75) is 6.54 Å². The molecule has 0 heterocycles. The van der Waals surface area contributed by atoms with Crippen molar-refractivity contribution in [2.24, 2.45) is 0 Å². The average Bonchev–Trinajstić information content (AvgIpc) is 2.52. The number of methoxy groups -OCH3 is 2. The minimum Gasteiger partial charge on any atom is -0.497 e. The highest BCUT2D eigenvalue weighted by Crippen LogP contribution is 2.25. The molecule has 0 saturated heterocycles. The van der Waals surface area contributed by atoms with E-state index in [1.165, 1.54) is 0 Å².